The summed E-state index contributed by atoms with van der Waals surface area (Å²) in [7, 11) is 0. The SMILES string of the molecule is CC1(N2CCOCC2)C=c2c(cn[nH]c2=O)=CN1. The van der Waals surface area contributed by atoms with Crippen molar-refractivity contribution in [2.45, 2.75) is 12.6 Å². The Balaban J connectivity index is 2.06. The smallest absolute Gasteiger partial charge is 0.271 e. The molecule has 3 rings (SSSR count). The lowest BCUT2D eigenvalue weighted by atomic mass is 10.1. The number of fused-ring (bicyclic) bond motifs is 1. The van der Waals surface area contributed by atoms with E-state index in [9.17, 15) is 4.79 Å². The van der Waals surface area contributed by atoms with Crippen LogP contribution in [-0.4, -0.2) is 47.1 Å². The van der Waals surface area contributed by atoms with Crippen LogP contribution >= 0.6 is 0 Å². The fraction of sp³-hybridized carbons (Fsp3) is 0.500. The van der Waals surface area contributed by atoms with Crippen LogP contribution in [0.2, 0.25) is 0 Å². The van der Waals surface area contributed by atoms with Gasteiger partial charge in [-0.15, -0.1) is 0 Å². The van der Waals surface area contributed by atoms with Crippen molar-refractivity contribution in [3.05, 3.63) is 27.0 Å². The lowest BCUT2D eigenvalue weighted by molar-refractivity contribution is -0.000782. The number of H-pyrrole nitrogens is 1. The fourth-order valence-corrected chi connectivity index (χ4v) is 2.44. The highest BCUT2D eigenvalue weighted by Gasteiger charge is 2.31. The van der Waals surface area contributed by atoms with Gasteiger partial charge in [-0.2, -0.15) is 5.10 Å². The van der Waals surface area contributed by atoms with Crippen LogP contribution in [0.25, 0.3) is 12.3 Å². The Morgan fingerprint density at radius 2 is 2.22 bits per heavy atom. The van der Waals surface area contributed by atoms with Crippen LogP contribution in [0.5, 0.6) is 0 Å². The van der Waals surface area contributed by atoms with E-state index in [0.29, 0.717) is 5.22 Å². The van der Waals surface area contributed by atoms with Crippen LogP contribution in [0, 0.1) is 0 Å². The van der Waals surface area contributed by atoms with E-state index < -0.39 is 0 Å². The minimum atomic E-state index is -0.342. The lowest BCUT2D eigenvalue weighted by Gasteiger charge is -2.42. The maximum atomic E-state index is 11.8. The molecular formula is C12H16N4O2. The zero-order valence-corrected chi connectivity index (χ0v) is 10.3. The first-order valence-corrected chi connectivity index (χ1v) is 6.06. The predicted octanol–water partition coefficient (Wildman–Crippen LogP) is -2.06. The molecule has 6 heteroatoms. The van der Waals surface area contributed by atoms with Crippen molar-refractivity contribution in [3.63, 3.8) is 0 Å². The van der Waals surface area contributed by atoms with Gasteiger partial charge in [0.2, 0.25) is 0 Å². The van der Waals surface area contributed by atoms with Crippen LogP contribution in [-0.2, 0) is 4.74 Å². The van der Waals surface area contributed by atoms with E-state index in [1.54, 1.807) is 6.20 Å². The van der Waals surface area contributed by atoms with Crippen molar-refractivity contribution < 1.29 is 4.74 Å². The van der Waals surface area contributed by atoms with Gasteiger partial charge in [0.05, 0.1) is 24.6 Å². The molecule has 0 saturated carbocycles. The molecule has 0 aromatic carbocycles. The third kappa shape index (κ3) is 1.83. The van der Waals surface area contributed by atoms with Gasteiger partial charge in [0.25, 0.3) is 5.56 Å². The Morgan fingerprint density at radius 3 is 3.00 bits per heavy atom. The average molecular weight is 248 g/mol. The van der Waals surface area contributed by atoms with Gasteiger partial charge in [0, 0.05) is 24.5 Å². The number of aromatic nitrogens is 2. The number of morpholine rings is 1. The number of ether oxygens (including phenoxy) is 1. The monoisotopic (exact) mass is 248 g/mol. The standard InChI is InChI=1S/C12H16N4O2/c1-12(16-2-4-18-5-3-16)6-10-9(7-13-12)8-14-15-11(10)17/h6-8,13H,2-5H2,1H3,(H,15,17). The van der Waals surface area contributed by atoms with E-state index in [-0.39, 0.29) is 11.2 Å². The first kappa shape index (κ1) is 11.4. The minimum absolute atomic E-state index is 0.148. The van der Waals surface area contributed by atoms with Crippen LogP contribution in [0.1, 0.15) is 6.92 Å². The molecule has 2 aliphatic rings. The van der Waals surface area contributed by atoms with Crippen LogP contribution in [0.4, 0.5) is 0 Å². The van der Waals surface area contributed by atoms with Crippen molar-refractivity contribution in [1.82, 2.24) is 20.4 Å². The molecule has 1 atom stereocenters. The highest BCUT2D eigenvalue weighted by Crippen LogP contribution is 2.16. The van der Waals surface area contributed by atoms with Gasteiger partial charge in [0.1, 0.15) is 5.66 Å². The molecule has 0 aliphatic carbocycles. The highest BCUT2D eigenvalue weighted by atomic mass is 16.5. The topological polar surface area (TPSA) is 70.2 Å². The molecule has 96 valence electrons. The number of nitrogens with zero attached hydrogens (tertiary/aromatic N) is 2. The summed E-state index contributed by atoms with van der Waals surface area (Å²) in [6.45, 7) is 5.23. The summed E-state index contributed by atoms with van der Waals surface area (Å²) in [6, 6.07) is 0. The Morgan fingerprint density at radius 1 is 1.44 bits per heavy atom. The lowest BCUT2D eigenvalue weighted by Crippen LogP contribution is -2.62. The molecular weight excluding hydrogens is 232 g/mol. The third-order valence-electron chi connectivity index (χ3n) is 3.54. The molecule has 1 unspecified atom stereocenters. The van der Waals surface area contributed by atoms with E-state index in [0.717, 1.165) is 31.5 Å². The van der Waals surface area contributed by atoms with Crippen molar-refractivity contribution in [2.24, 2.45) is 0 Å². The predicted molar refractivity (Wildman–Crippen MR) is 67.0 cm³/mol. The molecule has 0 radical (unpaired) electrons. The van der Waals surface area contributed by atoms with Gasteiger partial charge in [-0.3, -0.25) is 9.69 Å². The Labute approximate surface area is 104 Å². The number of hydrogen-bond donors (Lipinski definition) is 2. The molecule has 1 aromatic heterocycles. The fourth-order valence-electron chi connectivity index (χ4n) is 2.44. The second-order valence-corrected chi connectivity index (χ2v) is 4.75. The maximum Gasteiger partial charge on any atom is 0.271 e. The van der Waals surface area contributed by atoms with Crippen molar-refractivity contribution >= 4 is 12.3 Å². The van der Waals surface area contributed by atoms with Crippen LogP contribution in [0.15, 0.2) is 11.0 Å². The van der Waals surface area contributed by atoms with Crippen LogP contribution < -0.4 is 21.3 Å². The van der Waals surface area contributed by atoms with Crippen molar-refractivity contribution in [3.8, 4) is 0 Å². The largest absolute Gasteiger partial charge is 0.379 e. The number of hydrogen-bond acceptors (Lipinski definition) is 5. The summed E-state index contributed by atoms with van der Waals surface area (Å²) >= 11 is 0. The number of nitrogens with one attached hydrogen (secondary N) is 2. The summed E-state index contributed by atoms with van der Waals surface area (Å²) in [6.07, 6.45) is 5.47. The van der Waals surface area contributed by atoms with Gasteiger partial charge in [-0.05, 0) is 13.0 Å². The molecule has 6 nitrogen and oxygen atoms in total. The first-order valence-electron chi connectivity index (χ1n) is 6.06. The summed E-state index contributed by atoms with van der Waals surface area (Å²) < 4.78 is 5.36. The summed E-state index contributed by atoms with van der Waals surface area (Å²) in [5.41, 5.74) is -0.491. The molecule has 0 amide bonds. The second kappa shape index (κ2) is 4.22. The Kier molecular flexibility index (Phi) is 2.68. The van der Waals surface area contributed by atoms with Crippen molar-refractivity contribution in [2.75, 3.05) is 26.3 Å². The van der Waals surface area contributed by atoms with Gasteiger partial charge < -0.3 is 10.1 Å². The van der Waals surface area contributed by atoms with E-state index in [2.05, 4.69) is 27.3 Å². The molecule has 2 N–H and O–H groups in total. The van der Waals surface area contributed by atoms with Gasteiger partial charge in [-0.25, -0.2) is 5.10 Å². The molecule has 3 heterocycles. The zero-order valence-electron chi connectivity index (χ0n) is 10.3. The van der Waals surface area contributed by atoms with E-state index in [4.69, 9.17) is 4.74 Å². The summed E-state index contributed by atoms with van der Waals surface area (Å²) in [5.74, 6) is 0. The number of rotatable bonds is 1. The minimum Gasteiger partial charge on any atom is -0.379 e. The average Bonchev–Trinajstić information content (AvgIpc) is 2.41. The number of aromatic amines is 1. The molecule has 1 aromatic rings. The molecule has 1 saturated heterocycles. The zero-order chi connectivity index (χ0) is 12.6. The van der Waals surface area contributed by atoms with E-state index >= 15 is 0 Å². The van der Waals surface area contributed by atoms with E-state index in [1.807, 2.05) is 12.3 Å². The highest BCUT2D eigenvalue weighted by molar-refractivity contribution is 5.44. The van der Waals surface area contributed by atoms with Gasteiger partial charge >= 0.3 is 0 Å². The molecule has 0 spiro atoms. The summed E-state index contributed by atoms with van der Waals surface area (Å²) in [4.78, 5) is 14.1. The van der Waals surface area contributed by atoms with Crippen LogP contribution in [0.3, 0.4) is 0 Å². The quantitative estimate of drug-likeness (QED) is 0.598. The first-order chi connectivity index (χ1) is 8.69. The maximum absolute atomic E-state index is 11.8. The third-order valence-corrected chi connectivity index (χ3v) is 3.54. The second-order valence-electron chi connectivity index (χ2n) is 4.75. The molecule has 2 aliphatic heterocycles. The van der Waals surface area contributed by atoms with E-state index in [1.165, 1.54) is 0 Å². The van der Waals surface area contributed by atoms with Gasteiger partial charge in [-0.1, -0.05) is 0 Å². The Bertz CT molecular complexity index is 618. The molecule has 1 fully saturated rings. The normalized spacial score (nSPS) is 27.6. The van der Waals surface area contributed by atoms with Gasteiger partial charge in [0.15, 0.2) is 0 Å². The molecule has 0 bridgehead atoms. The summed E-state index contributed by atoms with van der Waals surface area (Å²) in [5, 5.41) is 11.1. The molecule has 18 heavy (non-hydrogen) atoms. The Hall–Kier alpha value is -1.66. The van der Waals surface area contributed by atoms with Crippen molar-refractivity contribution in [1.29, 1.82) is 0 Å².